The number of benzene rings is 1. The fraction of sp³-hybridized carbons (Fsp3) is 0.522. The summed E-state index contributed by atoms with van der Waals surface area (Å²) in [6.07, 6.45) is 6.19. The number of aliphatic imine (C=N–C) groups is 1. The van der Waals surface area contributed by atoms with Crippen LogP contribution in [-0.2, 0) is 0 Å². The number of anilines is 1. The zero-order valence-corrected chi connectivity index (χ0v) is 20.9. The van der Waals surface area contributed by atoms with Crippen molar-refractivity contribution in [1.29, 1.82) is 0 Å². The van der Waals surface area contributed by atoms with Crippen LogP contribution in [0.5, 0.6) is 0 Å². The molecule has 1 atom stereocenters. The van der Waals surface area contributed by atoms with Crippen LogP contribution in [0.1, 0.15) is 30.0 Å². The molecule has 2 aliphatic heterocycles. The van der Waals surface area contributed by atoms with E-state index in [1.165, 1.54) is 37.1 Å². The normalized spacial score (nSPS) is 18.6. The van der Waals surface area contributed by atoms with Gasteiger partial charge in [-0.15, -0.1) is 24.0 Å². The van der Waals surface area contributed by atoms with Gasteiger partial charge in [0.25, 0.3) is 0 Å². The van der Waals surface area contributed by atoms with E-state index in [4.69, 9.17) is 0 Å². The maximum absolute atomic E-state index is 4.58. The summed E-state index contributed by atoms with van der Waals surface area (Å²) in [5, 5.41) is 3.67. The van der Waals surface area contributed by atoms with E-state index >= 15 is 0 Å². The molecule has 1 N–H and O–H groups in total. The number of likely N-dealkylation sites (tertiary alicyclic amines) is 1. The highest BCUT2D eigenvalue weighted by atomic mass is 127. The number of hydrogen-bond donors (Lipinski definition) is 1. The average Bonchev–Trinajstić information content (AvgIpc) is 3.33. The van der Waals surface area contributed by atoms with E-state index in [1.807, 2.05) is 13.1 Å². The van der Waals surface area contributed by atoms with Crippen LogP contribution in [0.15, 0.2) is 47.7 Å². The van der Waals surface area contributed by atoms with Gasteiger partial charge in [-0.25, -0.2) is 9.97 Å². The van der Waals surface area contributed by atoms with Crippen molar-refractivity contribution in [3.8, 4) is 0 Å². The molecule has 2 aromatic rings. The second-order valence-corrected chi connectivity index (χ2v) is 8.12. The molecule has 31 heavy (non-hydrogen) atoms. The molecule has 0 spiro atoms. The van der Waals surface area contributed by atoms with Gasteiger partial charge in [-0.1, -0.05) is 29.8 Å². The van der Waals surface area contributed by atoms with Crippen molar-refractivity contribution in [2.24, 2.45) is 4.99 Å². The molecule has 2 saturated heterocycles. The highest BCUT2D eigenvalue weighted by molar-refractivity contribution is 14.0. The first-order valence-corrected chi connectivity index (χ1v) is 11.0. The topological polar surface area (TPSA) is 59.9 Å². The summed E-state index contributed by atoms with van der Waals surface area (Å²) >= 11 is 0. The minimum atomic E-state index is 0. The summed E-state index contributed by atoms with van der Waals surface area (Å²) in [4.78, 5) is 20.5. The van der Waals surface area contributed by atoms with E-state index in [0.717, 1.165) is 44.6 Å². The molecule has 4 rings (SSSR count). The Labute approximate surface area is 203 Å². The van der Waals surface area contributed by atoms with Crippen molar-refractivity contribution in [3.05, 3.63) is 53.9 Å². The second kappa shape index (κ2) is 11.6. The third kappa shape index (κ3) is 6.06. The van der Waals surface area contributed by atoms with Crippen LogP contribution >= 0.6 is 24.0 Å². The summed E-state index contributed by atoms with van der Waals surface area (Å²) < 4.78 is 0. The zero-order valence-electron chi connectivity index (χ0n) is 18.6. The summed E-state index contributed by atoms with van der Waals surface area (Å²) in [5.74, 6) is 1.80. The van der Waals surface area contributed by atoms with Crippen LogP contribution in [0.2, 0.25) is 0 Å². The number of nitrogens with one attached hydrogen (secondary N) is 1. The fourth-order valence-corrected chi connectivity index (χ4v) is 4.39. The molecule has 0 bridgehead atoms. The molecule has 0 aliphatic carbocycles. The van der Waals surface area contributed by atoms with Gasteiger partial charge in [0.2, 0.25) is 5.95 Å². The zero-order chi connectivity index (χ0) is 20.8. The van der Waals surface area contributed by atoms with E-state index in [2.05, 4.69) is 66.2 Å². The first-order valence-electron chi connectivity index (χ1n) is 11.0. The molecule has 8 heteroatoms. The van der Waals surface area contributed by atoms with Crippen LogP contribution in [0, 0.1) is 6.92 Å². The smallest absolute Gasteiger partial charge is 0.225 e. The van der Waals surface area contributed by atoms with E-state index < -0.39 is 0 Å². The van der Waals surface area contributed by atoms with Crippen molar-refractivity contribution in [3.63, 3.8) is 0 Å². The SMILES string of the molecule is CN=C(NCC(c1ccc(C)cc1)N1CCCC1)N1CCN(c2ncccn2)CC1.I. The minimum absolute atomic E-state index is 0. The second-order valence-electron chi connectivity index (χ2n) is 8.12. The van der Waals surface area contributed by atoms with Crippen molar-refractivity contribution in [2.75, 3.05) is 57.8 Å². The van der Waals surface area contributed by atoms with Crippen molar-refractivity contribution in [2.45, 2.75) is 25.8 Å². The Morgan fingerprint density at radius 1 is 1.00 bits per heavy atom. The van der Waals surface area contributed by atoms with Gasteiger partial charge in [0.1, 0.15) is 0 Å². The Morgan fingerprint density at radius 3 is 2.26 bits per heavy atom. The molecule has 1 aromatic heterocycles. The number of nitrogens with zero attached hydrogens (tertiary/aromatic N) is 6. The van der Waals surface area contributed by atoms with E-state index in [0.29, 0.717) is 6.04 Å². The maximum Gasteiger partial charge on any atom is 0.225 e. The van der Waals surface area contributed by atoms with E-state index in [1.54, 1.807) is 12.4 Å². The Morgan fingerprint density at radius 2 is 1.65 bits per heavy atom. The molecule has 0 saturated carbocycles. The molecule has 2 fully saturated rings. The van der Waals surface area contributed by atoms with Gasteiger partial charge in [-0.3, -0.25) is 9.89 Å². The highest BCUT2D eigenvalue weighted by Gasteiger charge is 2.25. The third-order valence-electron chi connectivity index (χ3n) is 6.12. The molecule has 168 valence electrons. The van der Waals surface area contributed by atoms with Crippen LogP contribution in [0.3, 0.4) is 0 Å². The van der Waals surface area contributed by atoms with E-state index in [-0.39, 0.29) is 24.0 Å². The first-order chi connectivity index (χ1) is 14.7. The molecule has 7 nitrogen and oxygen atoms in total. The van der Waals surface area contributed by atoms with Gasteiger partial charge in [-0.05, 0) is 44.5 Å². The Hall–Kier alpha value is -1.94. The van der Waals surface area contributed by atoms with Crippen molar-refractivity contribution >= 4 is 35.9 Å². The molecular formula is C23H34IN7. The number of aryl methyl sites for hydroxylation is 1. The minimum Gasteiger partial charge on any atom is -0.354 e. The van der Waals surface area contributed by atoms with Crippen LogP contribution < -0.4 is 10.2 Å². The quantitative estimate of drug-likeness (QED) is 0.361. The number of aromatic nitrogens is 2. The van der Waals surface area contributed by atoms with Crippen LogP contribution in [0.25, 0.3) is 0 Å². The summed E-state index contributed by atoms with van der Waals surface area (Å²) in [7, 11) is 1.88. The van der Waals surface area contributed by atoms with Gasteiger partial charge in [-0.2, -0.15) is 0 Å². The number of halogens is 1. The summed E-state index contributed by atoms with van der Waals surface area (Å²) in [6.45, 7) is 9.00. The predicted molar refractivity (Wildman–Crippen MR) is 137 cm³/mol. The lowest BCUT2D eigenvalue weighted by Gasteiger charge is -2.37. The number of piperazine rings is 1. The largest absolute Gasteiger partial charge is 0.354 e. The lowest BCUT2D eigenvalue weighted by molar-refractivity contribution is 0.242. The molecular weight excluding hydrogens is 501 g/mol. The molecule has 0 radical (unpaired) electrons. The van der Waals surface area contributed by atoms with Crippen molar-refractivity contribution in [1.82, 2.24) is 25.1 Å². The van der Waals surface area contributed by atoms with Gasteiger partial charge in [0, 0.05) is 52.2 Å². The van der Waals surface area contributed by atoms with Crippen LogP contribution in [0.4, 0.5) is 5.95 Å². The first kappa shape index (κ1) is 23.7. The highest BCUT2D eigenvalue weighted by Crippen LogP contribution is 2.25. The average molecular weight is 535 g/mol. The number of hydrogen-bond acceptors (Lipinski definition) is 5. The van der Waals surface area contributed by atoms with E-state index in [9.17, 15) is 0 Å². The number of guanidine groups is 1. The lowest BCUT2D eigenvalue weighted by Crippen LogP contribution is -2.53. The monoisotopic (exact) mass is 535 g/mol. The Balaban J connectivity index is 0.00000272. The standard InChI is InChI=1S/C23H33N7.HI/c1-19-6-8-20(9-7-19)21(28-12-3-4-13-28)18-27-22(24-2)29-14-16-30(17-15-29)23-25-10-5-11-26-23;/h5-11,21H,3-4,12-18H2,1-2H3,(H,24,27);1H. The van der Waals surface area contributed by atoms with Crippen LogP contribution in [-0.4, -0.2) is 78.6 Å². The molecule has 1 aromatic carbocycles. The van der Waals surface area contributed by atoms with Crippen molar-refractivity contribution < 1.29 is 0 Å². The van der Waals surface area contributed by atoms with Gasteiger partial charge >= 0.3 is 0 Å². The Kier molecular flexibility index (Phi) is 8.89. The van der Waals surface area contributed by atoms with Gasteiger partial charge in [0.05, 0.1) is 6.04 Å². The third-order valence-corrected chi connectivity index (χ3v) is 6.12. The molecule has 0 amide bonds. The maximum atomic E-state index is 4.58. The molecule has 1 unspecified atom stereocenters. The lowest BCUT2D eigenvalue weighted by atomic mass is 10.0. The summed E-state index contributed by atoms with van der Waals surface area (Å²) in [6, 6.07) is 11.2. The molecule has 2 aliphatic rings. The molecule has 3 heterocycles. The Bertz CT molecular complexity index is 814. The number of rotatable bonds is 5. The predicted octanol–water partition coefficient (Wildman–Crippen LogP) is 2.94. The summed E-state index contributed by atoms with van der Waals surface area (Å²) in [5.41, 5.74) is 2.69. The van der Waals surface area contributed by atoms with Gasteiger partial charge in [0.15, 0.2) is 5.96 Å². The van der Waals surface area contributed by atoms with Gasteiger partial charge < -0.3 is 15.1 Å². The fourth-order valence-electron chi connectivity index (χ4n) is 4.39.